The van der Waals surface area contributed by atoms with Crippen LogP contribution in [0.3, 0.4) is 0 Å². The fourth-order valence-corrected chi connectivity index (χ4v) is 2.56. The van der Waals surface area contributed by atoms with Crippen molar-refractivity contribution in [3.63, 3.8) is 0 Å². The van der Waals surface area contributed by atoms with Crippen molar-refractivity contribution in [3.8, 4) is 0 Å². The van der Waals surface area contributed by atoms with Gasteiger partial charge < -0.3 is 11.1 Å². The summed E-state index contributed by atoms with van der Waals surface area (Å²) in [7, 11) is 0. The summed E-state index contributed by atoms with van der Waals surface area (Å²) in [4.78, 5) is 1.28. The molecule has 1 aliphatic carbocycles. The van der Waals surface area contributed by atoms with Crippen molar-refractivity contribution in [2.75, 3.05) is 6.54 Å². The van der Waals surface area contributed by atoms with Crippen molar-refractivity contribution >= 4 is 11.3 Å². The number of nitrogens with two attached hydrogens (primary N) is 1. The second-order valence-electron chi connectivity index (χ2n) is 4.04. The smallest absolute Gasteiger partial charge is 0.0516 e. The van der Waals surface area contributed by atoms with Gasteiger partial charge in [0.2, 0.25) is 0 Å². The summed E-state index contributed by atoms with van der Waals surface area (Å²) in [5, 5.41) is 5.61. The first-order valence-corrected chi connectivity index (χ1v) is 6.21. The van der Waals surface area contributed by atoms with Crippen LogP contribution in [0.5, 0.6) is 0 Å². The Morgan fingerprint density at radius 2 is 2.57 bits per heavy atom. The van der Waals surface area contributed by atoms with Crippen molar-refractivity contribution in [3.05, 3.63) is 22.4 Å². The molecule has 3 heteroatoms. The molecule has 2 rings (SSSR count). The lowest BCUT2D eigenvalue weighted by atomic mass is 10.2. The van der Waals surface area contributed by atoms with Crippen LogP contribution in [0.15, 0.2) is 17.5 Å². The summed E-state index contributed by atoms with van der Waals surface area (Å²) in [6, 6.07) is 5.09. The topological polar surface area (TPSA) is 38.0 Å². The van der Waals surface area contributed by atoms with Crippen molar-refractivity contribution in [2.24, 2.45) is 11.7 Å². The Morgan fingerprint density at radius 1 is 1.71 bits per heavy atom. The van der Waals surface area contributed by atoms with E-state index in [1.165, 1.54) is 17.7 Å². The van der Waals surface area contributed by atoms with E-state index in [1.807, 2.05) is 0 Å². The van der Waals surface area contributed by atoms with E-state index in [1.54, 1.807) is 11.3 Å². The van der Waals surface area contributed by atoms with Gasteiger partial charge in [0.05, 0.1) is 6.04 Å². The third-order valence-corrected chi connectivity index (χ3v) is 3.96. The van der Waals surface area contributed by atoms with Crippen LogP contribution in [-0.4, -0.2) is 12.6 Å². The van der Waals surface area contributed by atoms with Gasteiger partial charge in [0.1, 0.15) is 0 Å². The normalized spacial score (nSPS) is 27.6. The van der Waals surface area contributed by atoms with E-state index in [-0.39, 0.29) is 6.04 Å². The maximum Gasteiger partial charge on any atom is 0.0516 e. The van der Waals surface area contributed by atoms with E-state index >= 15 is 0 Å². The molecule has 1 aromatic rings. The second-order valence-corrected chi connectivity index (χ2v) is 5.02. The van der Waals surface area contributed by atoms with Crippen LogP contribution in [0.2, 0.25) is 0 Å². The Labute approximate surface area is 89.5 Å². The average molecular weight is 210 g/mol. The Kier molecular flexibility index (Phi) is 3.21. The molecule has 3 N–H and O–H groups in total. The minimum atomic E-state index is 0.174. The molecule has 2 nitrogen and oxygen atoms in total. The molecular weight excluding hydrogens is 192 g/mol. The summed E-state index contributed by atoms with van der Waals surface area (Å²) in [5.74, 6) is 0.908. The molecular formula is C11H18N2S. The summed E-state index contributed by atoms with van der Waals surface area (Å²) < 4.78 is 0. The van der Waals surface area contributed by atoms with Crippen LogP contribution in [-0.2, 0) is 0 Å². The molecule has 0 bridgehead atoms. The van der Waals surface area contributed by atoms with Gasteiger partial charge in [-0.2, -0.15) is 0 Å². The molecule has 0 amide bonds. The quantitative estimate of drug-likeness (QED) is 0.781. The highest BCUT2D eigenvalue weighted by Gasteiger charge is 2.34. The standard InChI is InChI=1S/C11H18N2S/c1-2-8-6-10(8)13-7-9(12)11-4-3-5-14-11/h3-5,8-10,13H,2,6-7,12H2,1H3. The van der Waals surface area contributed by atoms with Gasteiger partial charge in [0.25, 0.3) is 0 Å². The number of nitrogens with one attached hydrogen (secondary N) is 1. The maximum absolute atomic E-state index is 6.05. The molecule has 78 valence electrons. The van der Waals surface area contributed by atoms with Crippen LogP contribution in [0.4, 0.5) is 0 Å². The van der Waals surface area contributed by atoms with E-state index in [4.69, 9.17) is 5.73 Å². The zero-order chi connectivity index (χ0) is 9.97. The van der Waals surface area contributed by atoms with Crippen LogP contribution >= 0.6 is 11.3 Å². The lowest BCUT2D eigenvalue weighted by molar-refractivity contribution is 0.570. The molecule has 0 radical (unpaired) electrons. The highest BCUT2D eigenvalue weighted by Crippen LogP contribution is 2.33. The van der Waals surface area contributed by atoms with E-state index in [9.17, 15) is 0 Å². The summed E-state index contributed by atoms with van der Waals surface area (Å²) in [6.07, 6.45) is 2.64. The monoisotopic (exact) mass is 210 g/mol. The summed E-state index contributed by atoms with van der Waals surface area (Å²) in [5.41, 5.74) is 6.05. The first kappa shape index (κ1) is 10.1. The van der Waals surface area contributed by atoms with E-state index in [0.29, 0.717) is 0 Å². The summed E-state index contributed by atoms with van der Waals surface area (Å²) >= 11 is 1.74. The van der Waals surface area contributed by atoms with Gasteiger partial charge in [0, 0.05) is 17.5 Å². The van der Waals surface area contributed by atoms with Crippen LogP contribution in [0, 0.1) is 5.92 Å². The fourth-order valence-electron chi connectivity index (χ4n) is 1.83. The minimum absolute atomic E-state index is 0.174. The molecule has 1 heterocycles. The molecule has 14 heavy (non-hydrogen) atoms. The van der Waals surface area contributed by atoms with Gasteiger partial charge in [-0.3, -0.25) is 0 Å². The van der Waals surface area contributed by atoms with Crippen LogP contribution in [0.1, 0.15) is 30.7 Å². The van der Waals surface area contributed by atoms with E-state index < -0.39 is 0 Å². The molecule has 0 aliphatic heterocycles. The zero-order valence-corrected chi connectivity index (χ0v) is 9.39. The molecule has 1 saturated carbocycles. The Balaban J connectivity index is 1.71. The van der Waals surface area contributed by atoms with Gasteiger partial charge in [-0.05, 0) is 23.8 Å². The van der Waals surface area contributed by atoms with Gasteiger partial charge in [-0.15, -0.1) is 11.3 Å². The Bertz CT molecular complexity index is 271. The van der Waals surface area contributed by atoms with Gasteiger partial charge >= 0.3 is 0 Å². The maximum atomic E-state index is 6.05. The average Bonchev–Trinajstić information content (AvgIpc) is 2.73. The predicted octanol–water partition coefficient (Wildman–Crippen LogP) is 2.14. The number of rotatable bonds is 5. The SMILES string of the molecule is CCC1CC1NCC(N)c1cccs1. The molecule has 3 unspecified atom stereocenters. The largest absolute Gasteiger partial charge is 0.322 e. The molecule has 3 atom stereocenters. The number of thiophene rings is 1. The lowest BCUT2D eigenvalue weighted by Gasteiger charge is -2.10. The molecule has 0 saturated heterocycles. The fraction of sp³-hybridized carbons (Fsp3) is 0.636. The molecule has 0 spiro atoms. The third-order valence-electron chi connectivity index (χ3n) is 2.96. The van der Waals surface area contributed by atoms with Crippen molar-refractivity contribution < 1.29 is 0 Å². The Hall–Kier alpha value is -0.380. The van der Waals surface area contributed by atoms with Crippen molar-refractivity contribution in [1.82, 2.24) is 5.32 Å². The van der Waals surface area contributed by atoms with Crippen LogP contribution < -0.4 is 11.1 Å². The van der Waals surface area contributed by atoms with Crippen molar-refractivity contribution in [1.29, 1.82) is 0 Å². The summed E-state index contributed by atoms with van der Waals surface area (Å²) in [6.45, 7) is 3.17. The first-order valence-electron chi connectivity index (χ1n) is 5.33. The third kappa shape index (κ3) is 2.35. The second kappa shape index (κ2) is 4.43. The number of hydrogen-bond donors (Lipinski definition) is 2. The van der Waals surface area contributed by atoms with Crippen molar-refractivity contribution in [2.45, 2.75) is 31.8 Å². The Morgan fingerprint density at radius 3 is 3.14 bits per heavy atom. The minimum Gasteiger partial charge on any atom is -0.322 e. The van der Waals surface area contributed by atoms with Gasteiger partial charge in [0.15, 0.2) is 0 Å². The number of hydrogen-bond acceptors (Lipinski definition) is 3. The molecule has 0 aromatic carbocycles. The van der Waals surface area contributed by atoms with E-state index in [2.05, 4.69) is 29.8 Å². The first-order chi connectivity index (χ1) is 6.81. The molecule has 1 aromatic heterocycles. The van der Waals surface area contributed by atoms with Gasteiger partial charge in [-0.1, -0.05) is 19.4 Å². The highest BCUT2D eigenvalue weighted by molar-refractivity contribution is 7.10. The molecule has 1 fully saturated rings. The predicted molar refractivity (Wildman–Crippen MR) is 61.4 cm³/mol. The molecule has 1 aliphatic rings. The van der Waals surface area contributed by atoms with E-state index in [0.717, 1.165) is 18.5 Å². The lowest BCUT2D eigenvalue weighted by Crippen LogP contribution is -2.28. The van der Waals surface area contributed by atoms with Gasteiger partial charge in [-0.25, -0.2) is 0 Å². The highest BCUT2D eigenvalue weighted by atomic mass is 32.1. The van der Waals surface area contributed by atoms with Crippen LogP contribution in [0.25, 0.3) is 0 Å². The zero-order valence-electron chi connectivity index (χ0n) is 8.57.